The molecule has 0 aromatic rings. The van der Waals surface area contributed by atoms with Crippen molar-refractivity contribution in [1.29, 1.82) is 0 Å². The maximum Gasteiger partial charge on any atom is 0.0593 e. The largest absolute Gasteiger partial charge is 0.396 e. The fraction of sp³-hybridized carbons (Fsp3) is 1.00. The van der Waals surface area contributed by atoms with Gasteiger partial charge in [-0.2, -0.15) is 0 Å². The van der Waals surface area contributed by atoms with E-state index in [9.17, 15) is 0 Å². The Kier molecular flexibility index (Phi) is 7.21. The van der Waals surface area contributed by atoms with Crippen LogP contribution < -0.4 is 0 Å². The summed E-state index contributed by atoms with van der Waals surface area (Å²) in [7, 11) is 1.34. The molecule has 0 spiro atoms. The number of aliphatic hydroxyl groups is 1. The Labute approximate surface area is 50.9 Å². The van der Waals surface area contributed by atoms with Gasteiger partial charge in [0.1, 0.15) is 0 Å². The van der Waals surface area contributed by atoms with Crippen LogP contribution in [-0.4, -0.2) is 22.0 Å². The highest BCUT2D eigenvalue weighted by Crippen LogP contribution is 2.16. The van der Waals surface area contributed by atoms with Gasteiger partial charge < -0.3 is 9.66 Å². The average molecular weight is 140 g/mol. The Morgan fingerprint density at radius 2 is 2.14 bits per heavy atom. The molecule has 0 aromatic carbocycles. The Morgan fingerprint density at radius 1 is 1.43 bits per heavy atom. The first kappa shape index (κ1) is 7.62. The fourth-order valence-electron chi connectivity index (χ4n) is 0.161. The van der Waals surface area contributed by atoms with Gasteiger partial charge in [-0.15, -0.1) is 0 Å². The molecule has 0 aliphatic heterocycles. The van der Waals surface area contributed by atoms with Gasteiger partial charge in [0.2, 0.25) is 0 Å². The van der Waals surface area contributed by atoms with E-state index in [0.29, 0.717) is 0 Å². The predicted molar refractivity (Wildman–Crippen MR) is 34.4 cm³/mol. The average Bonchev–Trinajstić information content (AvgIpc) is 1.69. The highest BCUT2D eigenvalue weighted by Gasteiger charge is 1.83. The smallest absolute Gasteiger partial charge is 0.0593 e. The van der Waals surface area contributed by atoms with Crippen molar-refractivity contribution in [2.75, 3.05) is 12.4 Å². The Hall–Kier alpha value is 0.620. The van der Waals surface area contributed by atoms with Crippen LogP contribution >= 0.6 is 21.9 Å². The minimum atomic E-state index is 0.216. The van der Waals surface area contributed by atoms with Crippen LogP contribution in [0.15, 0.2) is 0 Å². The first-order valence-corrected chi connectivity index (χ1v) is 4.23. The van der Waals surface area contributed by atoms with E-state index in [1.54, 1.807) is 0 Å². The van der Waals surface area contributed by atoms with Gasteiger partial charge in [-0.1, -0.05) is 10.8 Å². The van der Waals surface area contributed by atoms with Crippen molar-refractivity contribution in [1.82, 2.24) is 0 Å². The summed E-state index contributed by atoms with van der Waals surface area (Å²) in [6, 6.07) is 0. The minimum Gasteiger partial charge on any atom is -0.396 e. The summed E-state index contributed by atoms with van der Waals surface area (Å²) in [5.41, 5.74) is 0. The molecule has 2 N–H and O–H groups in total. The molecule has 0 aliphatic carbocycles. The lowest BCUT2D eigenvalue weighted by Crippen LogP contribution is -1.82. The molecule has 7 heavy (non-hydrogen) atoms. The SMILES string of the molecule is OCCCSSO. The third-order valence-corrected chi connectivity index (χ3v) is 1.82. The quantitative estimate of drug-likeness (QED) is 0.350. The Balaban J connectivity index is 2.45. The number of hydrogen-bond acceptors (Lipinski definition) is 4. The van der Waals surface area contributed by atoms with Crippen molar-refractivity contribution in [3.05, 3.63) is 0 Å². The first-order valence-electron chi connectivity index (χ1n) is 1.95. The monoisotopic (exact) mass is 140 g/mol. The van der Waals surface area contributed by atoms with E-state index < -0.39 is 0 Å². The van der Waals surface area contributed by atoms with E-state index in [2.05, 4.69) is 0 Å². The summed E-state index contributed by atoms with van der Waals surface area (Å²) >= 11 is 0.747. The molecule has 0 heterocycles. The van der Waals surface area contributed by atoms with E-state index in [-0.39, 0.29) is 6.61 Å². The summed E-state index contributed by atoms with van der Waals surface area (Å²) in [5.74, 6) is 0.817. The van der Waals surface area contributed by atoms with E-state index in [4.69, 9.17) is 9.66 Å². The molecule has 0 radical (unpaired) electrons. The van der Waals surface area contributed by atoms with Gasteiger partial charge in [-0.05, 0) is 6.42 Å². The normalized spacial score (nSPS) is 9.43. The van der Waals surface area contributed by atoms with Crippen molar-refractivity contribution < 1.29 is 9.66 Å². The van der Waals surface area contributed by atoms with Crippen LogP contribution in [-0.2, 0) is 0 Å². The van der Waals surface area contributed by atoms with E-state index in [1.807, 2.05) is 0 Å². The molecule has 2 nitrogen and oxygen atoms in total. The van der Waals surface area contributed by atoms with Crippen molar-refractivity contribution in [2.45, 2.75) is 6.42 Å². The molecule has 0 atom stereocenters. The van der Waals surface area contributed by atoms with E-state index in [0.717, 1.165) is 23.2 Å². The zero-order valence-corrected chi connectivity index (χ0v) is 5.47. The first-order chi connectivity index (χ1) is 3.41. The molecule has 0 saturated carbocycles. The van der Waals surface area contributed by atoms with E-state index in [1.165, 1.54) is 10.8 Å². The van der Waals surface area contributed by atoms with Crippen molar-refractivity contribution >= 4 is 21.9 Å². The maximum atomic E-state index is 8.19. The zero-order chi connectivity index (χ0) is 5.54. The number of aliphatic hydroxyl groups excluding tert-OH is 1. The molecule has 0 aliphatic rings. The molecule has 0 rings (SSSR count). The van der Waals surface area contributed by atoms with Crippen LogP contribution in [0.2, 0.25) is 0 Å². The number of hydrogen-bond donors (Lipinski definition) is 2. The highest BCUT2D eigenvalue weighted by molar-refractivity contribution is 8.74. The second-order valence-electron chi connectivity index (χ2n) is 0.974. The van der Waals surface area contributed by atoms with Gasteiger partial charge in [0.25, 0.3) is 0 Å². The van der Waals surface area contributed by atoms with E-state index >= 15 is 0 Å². The molecular weight excluding hydrogens is 132 g/mol. The molecule has 0 amide bonds. The summed E-state index contributed by atoms with van der Waals surface area (Å²) in [6.45, 7) is 0.216. The molecule has 0 bridgehead atoms. The summed E-state index contributed by atoms with van der Waals surface area (Å²) in [6.07, 6.45) is 0.762. The summed E-state index contributed by atoms with van der Waals surface area (Å²) < 4.78 is 8.09. The Morgan fingerprint density at radius 3 is 2.57 bits per heavy atom. The van der Waals surface area contributed by atoms with Gasteiger partial charge in [0.05, 0.1) is 11.1 Å². The molecular formula is C3H8O2S2. The lowest BCUT2D eigenvalue weighted by molar-refractivity contribution is 0.296. The van der Waals surface area contributed by atoms with Crippen LogP contribution in [0, 0.1) is 0 Å². The van der Waals surface area contributed by atoms with Crippen molar-refractivity contribution in [3.63, 3.8) is 0 Å². The van der Waals surface area contributed by atoms with Crippen molar-refractivity contribution in [3.8, 4) is 0 Å². The standard InChI is InChI=1S/C3H8O2S2/c4-2-1-3-6-7-5/h4-5H,1-3H2. The highest BCUT2D eigenvalue weighted by atomic mass is 33.1. The van der Waals surface area contributed by atoms with Gasteiger partial charge in [0, 0.05) is 12.4 Å². The third kappa shape index (κ3) is 6.62. The molecule has 44 valence electrons. The predicted octanol–water partition coefficient (Wildman–Crippen LogP) is 1.22. The van der Waals surface area contributed by atoms with Gasteiger partial charge in [0.15, 0.2) is 0 Å². The van der Waals surface area contributed by atoms with Crippen LogP contribution in [0.4, 0.5) is 0 Å². The van der Waals surface area contributed by atoms with Gasteiger partial charge in [-0.3, -0.25) is 0 Å². The number of rotatable bonds is 4. The van der Waals surface area contributed by atoms with Crippen LogP contribution in [0.5, 0.6) is 0 Å². The topological polar surface area (TPSA) is 40.5 Å². The van der Waals surface area contributed by atoms with Gasteiger partial charge >= 0.3 is 0 Å². The Bertz CT molecular complexity index is 30.1. The zero-order valence-electron chi connectivity index (χ0n) is 3.83. The van der Waals surface area contributed by atoms with Gasteiger partial charge in [-0.25, -0.2) is 0 Å². The minimum absolute atomic E-state index is 0.216. The molecule has 4 heteroatoms. The molecule has 0 saturated heterocycles. The van der Waals surface area contributed by atoms with Crippen LogP contribution in [0.3, 0.4) is 0 Å². The summed E-state index contributed by atoms with van der Waals surface area (Å²) in [4.78, 5) is 0. The van der Waals surface area contributed by atoms with Crippen molar-refractivity contribution in [2.24, 2.45) is 0 Å². The van der Waals surface area contributed by atoms with Crippen LogP contribution in [0.1, 0.15) is 6.42 Å². The molecule has 0 unspecified atom stereocenters. The molecule has 0 aromatic heterocycles. The second-order valence-corrected chi connectivity index (χ2v) is 2.92. The molecule has 0 fully saturated rings. The maximum absolute atomic E-state index is 8.19. The lowest BCUT2D eigenvalue weighted by Gasteiger charge is -1.88. The summed E-state index contributed by atoms with van der Waals surface area (Å²) in [5, 5.41) is 8.19. The van der Waals surface area contributed by atoms with Crippen LogP contribution in [0.25, 0.3) is 0 Å². The second kappa shape index (κ2) is 6.62. The lowest BCUT2D eigenvalue weighted by atomic mass is 10.5. The fourth-order valence-corrected chi connectivity index (χ4v) is 1.06. The third-order valence-electron chi connectivity index (χ3n) is 0.438.